The van der Waals surface area contributed by atoms with Crippen LogP contribution in [0.15, 0.2) is 0 Å². The van der Waals surface area contributed by atoms with Crippen molar-refractivity contribution in [3.63, 3.8) is 0 Å². The first-order valence-corrected chi connectivity index (χ1v) is 1.44. The van der Waals surface area contributed by atoms with E-state index in [1.165, 1.54) is 0 Å². The van der Waals surface area contributed by atoms with E-state index in [0.29, 0.717) is 0 Å². The van der Waals surface area contributed by atoms with Gasteiger partial charge in [0.1, 0.15) is 0 Å². The molecule has 0 spiro atoms. The predicted octanol–water partition coefficient (Wildman–Crippen LogP) is -1.31. The summed E-state index contributed by atoms with van der Waals surface area (Å²) in [6.07, 6.45) is 0. The molecule has 0 aliphatic heterocycles. The van der Waals surface area contributed by atoms with Crippen molar-refractivity contribution in [2.24, 2.45) is 11.6 Å². The van der Waals surface area contributed by atoms with Gasteiger partial charge in [0.2, 0.25) is 0 Å². The zero-order valence-corrected chi connectivity index (χ0v) is 5.97. The molecule has 6 heavy (non-hydrogen) atoms. The number of rotatable bonds is 0. The largest absolute Gasteiger partial charge is 0.375 e. The van der Waals surface area contributed by atoms with Crippen LogP contribution in [0.25, 0.3) is 0 Å². The molecule has 0 atom stereocenters. The van der Waals surface area contributed by atoms with Crippen molar-refractivity contribution in [2.75, 3.05) is 0 Å². The van der Waals surface area contributed by atoms with Crippen LogP contribution in [-0.2, 0) is 21.1 Å². The molecule has 0 amide bonds. The average Bonchev–Trinajstić information content (AvgIpc) is 1.38. The van der Waals surface area contributed by atoms with Gasteiger partial charge in [0.25, 0.3) is 0 Å². The molecule has 0 saturated heterocycles. The Labute approximate surface area is 55.7 Å². The van der Waals surface area contributed by atoms with Gasteiger partial charge >= 0.3 is 0 Å². The second kappa shape index (κ2) is 5.34. The van der Waals surface area contributed by atoms with E-state index in [-0.39, 0.29) is 26.2 Å². The average molecular weight is 286 g/mol. The Morgan fingerprint density at radius 3 is 1.83 bits per heavy atom. The summed E-state index contributed by atoms with van der Waals surface area (Å²) in [5.41, 5.74) is 6.82. The van der Waals surface area contributed by atoms with Gasteiger partial charge in [0.15, 0.2) is 5.11 Å². The van der Waals surface area contributed by atoms with Crippen molar-refractivity contribution in [3.05, 3.63) is 0 Å². The Hall–Kier alpha value is 0.338. The third kappa shape index (κ3) is 8.84. The molecule has 0 bridgehead atoms. The summed E-state index contributed by atoms with van der Waals surface area (Å²) in [5.74, 6) is 4.66. The minimum Gasteiger partial charge on any atom is -0.375 e. The van der Waals surface area contributed by atoms with E-state index in [0.717, 1.165) is 0 Å². The smallest absolute Gasteiger partial charge is 0.177 e. The van der Waals surface area contributed by atoms with Gasteiger partial charge < -0.3 is 11.2 Å². The Balaban J connectivity index is 0. The van der Waals surface area contributed by atoms with Gasteiger partial charge in [-0.2, -0.15) is 0 Å². The topological polar surface area (TPSA) is 64.1 Å². The fourth-order valence-electron chi connectivity index (χ4n) is 0. The normalized spacial score (nSPS) is 5.50. The van der Waals surface area contributed by atoms with Gasteiger partial charge in [-0.15, -0.1) is 0 Å². The monoisotopic (exact) mass is 286 g/mol. The van der Waals surface area contributed by atoms with E-state index >= 15 is 0 Å². The minimum atomic E-state index is 0. The summed E-state index contributed by atoms with van der Waals surface area (Å²) in [4.78, 5) is 0. The molecule has 0 rings (SSSR count). The molecule has 0 aliphatic rings. The Bertz CT molecular complexity index is 46.1. The summed E-state index contributed by atoms with van der Waals surface area (Å²) in [5, 5.41) is 0.116. The van der Waals surface area contributed by atoms with Crippen LogP contribution in [0.4, 0.5) is 0 Å². The molecule has 5 heteroatoms. The van der Waals surface area contributed by atoms with Crippen LogP contribution in [-0.4, -0.2) is 5.11 Å². The van der Waals surface area contributed by atoms with E-state index in [2.05, 4.69) is 18.1 Å². The SMILES string of the molecule is NNC(N)=S.[Pt]. The molecular weight excluding hydrogens is 281 g/mol. The van der Waals surface area contributed by atoms with Crippen molar-refractivity contribution in [1.29, 1.82) is 0 Å². The molecule has 0 unspecified atom stereocenters. The standard InChI is InChI=1S/CH5N3S.Pt/c2-1(5)4-3;/h3H2,(H3,2,4,5);. The van der Waals surface area contributed by atoms with Gasteiger partial charge in [-0.25, -0.2) is 5.84 Å². The molecule has 3 nitrogen and oxygen atoms in total. The molecule has 0 aliphatic carbocycles. The Kier molecular flexibility index (Phi) is 8.54. The summed E-state index contributed by atoms with van der Waals surface area (Å²) >= 11 is 4.24. The minimum absolute atomic E-state index is 0. The predicted molar refractivity (Wildman–Crippen MR) is 24.1 cm³/mol. The van der Waals surface area contributed by atoms with Gasteiger partial charge in [-0.05, 0) is 12.2 Å². The molecule has 0 heterocycles. The molecule has 0 aromatic rings. The van der Waals surface area contributed by atoms with Gasteiger partial charge in [0.05, 0.1) is 0 Å². The summed E-state index contributed by atoms with van der Waals surface area (Å²) in [6, 6.07) is 0. The van der Waals surface area contributed by atoms with Gasteiger partial charge in [-0.3, -0.25) is 0 Å². The molecule has 0 fully saturated rings. The maximum Gasteiger partial charge on any atom is 0.177 e. The zero-order chi connectivity index (χ0) is 4.28. The van der Waals surface area contributed by atoms with Crippen molar-refractivity contribution in [2.45, 2.75) is 0 Å². The van der Waals surface area contributed by atoms with Crippen LogP contribution in [0.1, 0.15) is 0 Å². The Morgan fingerprint density at radius 1 is 1.67 bits per heavy atom. The fourth-order valence-corrected chi connectivity index (χ4v) is 0. The molecule has 0 aromatic carbocycles. The molecule has 0 saturated carbocycles. The number of nitrogens with two attached hydrogens (primary N) is 2. The first-order chi connectivity index (χ1) is 2.27. The number of hydrogen-bond donors (Lipinski definition) is 3. The van der Waals surface area contributed by atoms with E-state index in [4.69, 9.17) is 5.73 Å². The summed E-state index contributed by atoms with van der Waals surface area (Å²) in [6.45, 7) is 0. The van der Waals surface area contributed by atoms with Crippen molar-refractivity contribution >= 4 is 17.3 Å². The quantitative estimate of drug-likeness (QED) is 0.294. The second-order valence-corrected chi connectivity index (χ2v) is 0.948. The zero-order valence-electron chi connectivity index (χ0n) is 2.88. The number of nitrogens with one attached hydrogen (secondary N) is 1. The third-order valence-electron chi connectivity index (χ3n) is 0.142. The van der Waals surface area contributed by atoms with Crippen LogP contribution in [0.3, 0.4) is 0 Å². The molecule has 5 N–H and O–H groups in total. The van der Waals surface area contributed by atoms with E-state index in [9.17, 15) is 0 Å². The molecule has 40 valence electrons. The Morgan fingerprint density at radius 2 is 1.83 bits per heavy atom. The number of thiocarbonyl (C=S) groups is 1. The van der Waals surface area contributed by atoms with Crippen LogP contribution >= 0.6 is 12.2 Å². The van der Waals surface area contributed by atoms with Crippen LogP contribution in [0, 0.1) is 0 Å². The van der Waals surface area contributed by atoms with Crippen molar-refractivity contribution in [3.8, 4) is 0 Å². The first kappa shape index (κ1) is 9.60. The summed E-state index contributed by atoms with van der Waals surface area (Å²) < 4.78 is 0. The molecule has 0 radical (unpaired) electrons. The first-order valence-electron chi connectivity index (χ1n) is 1.03. The van der Waals surface area contributed by atoms with Crippen LogP contribution in [0.2, 0.25) is 0 Å². The maximum absolute atomic E-state index is 4.79. The molecular formula is CH5N3PtS. The van der Waals surface area contributed by atoms with Gasteiger partial charge in [-0.1, -0.05) is 0 Å². The second-order valence-electron chi connectivity index (χ2n) is 0.509. The van der Waals surface area contributed by atoms with E-state index < -0.39 is 0 Å². The van der Waals surface area contributed by atoms with Crippen LogP contribution in [0.5, 0.6) is 0 Å². The maximum atomic E-state index is 4.79. The third-order valence-corrected chi connectivity index (χ3v) is 0.260. The van der Waals surface area contributed by atoms with E-state index in [1.54, 1.807) is 0 Å². The van der Waals surface area contributed by atoms with Crippen LogP contribution < -0.4 is 17.0 Å². The van der Waals surface area contributed by atoms with Crippen molar-refractivity contribution < 1.29 is 21.1 Å². The molecule has 0 aromatic heterocycles. The fraction of sp³-hybridized carbons (Fsp3) is 0. The number of hydrogen-bond acceptors (Lipinski definition) is 2. The van der Waals surface area contributed by atoms with Crippen molar-refractivity contribution in [1.82, 2.24) is 5.43 Å². The van der Waals surface area contributed by atoms with E-state index in [1.807, 2.05) is 5.43 Å². The number of hydrazine groups is 1. The summed E-state index contributed by atoms with van der Waals surface area (Å²) in [7, 11) is 0. The van der Waals surface area contributed by atoms with Gasteiger partial charge in [0, 0.05) is 21.1 Å².